The minimum Gasteiger partial charge on any atom is -0.394 e. The van der Waals surface area contributed by atoms with Crippen LogP contribution in [0.4, 0.5) is 11.5 Å². The Morgan fingerprint density at radius 2 is 1.83 bits per heavy atom. The van der Waals surface area contributed by atoms with Gasteiger partial charge in [0.05, 0.1) is 29.9 Å². The molecule has 1 aliphatic rings. The molecule has 0 aliphatic carbocycles. The number of rotatable bonds is 6. The second-order valence-electron chi connectivity index (χ2n) is 10.1. The Labute approximate surface area is 213 Å². The summed E-state index contributed by atoms with van der Waals surface area (Å²) in [6.45, 7) is 8.97. The number of carbonyl (C=O) groups is 1. The maximum absolute atomic E-state index is 13.9. The van der Waals surface area contributed by atoms with Crippen molar-refractivity contribution in [1.82, 2.24) is 4.98 Å². The van der Waals surface area contributed by atoms with E-state index in [-0.39, 0.29) is 18.6 Å². The van der Waals surface area contributed by atoms with Crippen molar-refractivity contribution >= 4 is 29.0 Å². The van der Waals surface area contributed by atoms with Crippen LogP contribution in [0.1, 0.15) is 43.4 Å². The summed E-state index contributed by atoms with van der Waals surface area (Å²) in [5.41, 5.74) is 4.90. The van der Waals surface area contributed by atoms with Crippen molar-refractivity contribution in [2.75, 3.05) is 30.0 Å². The van der Waals surface area contributed by atoms with Gasteiger partial charge in [0.1, 0.15) is 5.82 Å². The molecule has 0 saturated carbocycles. The lowest BCUT2D eigenvalue weighted by Gasteiger charge is -2.32. The molecular weight excluding hydrogens is 458 g/mol. The highest BCUT2D eigenvalue weighted by Crippen LogP contribution is 2.39. The normalized spacial score (nSPS) is 16.0. The molecule has 1 aromatic heterocycles. The van der Waals surface area contributed by atoms with E-state index in [4.69, 9.17) is 16.6 Å². The Balaban J connectivity index is 1.79. The molecule has 5 nitrogen and oxygen atoms in total. The minimum atomic E-state index is -0.737. The van der Waals surface area contributed by atoms with Crippen LogP contribution in [0.2, 0.25) is 5.02 Å². The number of aliphatic hydroxyl groups excluding tert-OH is 1. The van der Waals surface area contributed by atoms with E-state index in [1.54, 1.807) is 18.1 Å². The molecule has 1 saturated heterocycles. The molecule has 184 valence electrons. The Kier molecular flexibility index (Phi) is 7.20. The van der Waals surface area contributed by atoms with Crippen LogP contribution in [0, 0.1) is 13.8 Å². The third kappa shape index (κ3) is 4.93. The quantitative estimate of drug-likeness (QED) is 0.465. The predicted molar refractivity (Wildman–Crippen MR) is 144 cm³/mol. The molecule has 4 rings (SSSR count). The number of likely N-dealkylation sites (N-methyl/N-ethyl adjacent to an activating group) is 1. The SMILES string of the molecule is Cc1cc(C)cc(C(C)(C)C(=O)N(C)c2cnc(N3CCCC3CO)cc2-c2ccccc2Cl)c1. The van der Waals surface area contributed by atoms with Crippen molar-refractivity contribution < 1.29 is 9.90 Å². The molecule has 6 heteroatoms. The number of nitrogens with zero attached hydrogens (tertiary/aromatic N) is 3. The van der Waals surface area contributed by atoms with Gasteiger partial charge >= 0.3 is 0 Å². The lowest BCUT2D eigenvalue weighted by atomic mass is 9.81. The molecule has 1 fully saturated rings. The fourth-order valence-corrected chi connectivity index (χ4v) is 5.31. The van der Waals surface area contributed by atoms with Crippen LogP contribution in [-0.2, 0) is 10.2 Å². The molecule has 1 N–H and O–H groups in total. The number of aromatic nitrogens is 1. The minimum absolute atomic E-state index is 0.0280. The zero-order chi connectivity index (χ0) is 25.3. The van der Waals surface area contributed by atoms with E-state index in [0.29, 0.717) is 10.7 Å². The van der Waals surface area contributed by atoms with Gasteiger partial charge in [-0.05, 0) is 58.2 Å². The summed E-state index contributed by atoms with van der Waals surface area (Å²) in [4.78, 5) is 22.5. The highest BCUT2D eigenvalue weighted by Gasteiger charge is 2.35. The Morgan fingerprint density at radius 1 is 1.14 bits per heavy atom. The van der Waals surface area contributed by atoms with Crippen LogP contribution in [0.5, 0.6) is 0 Å². The summed E-state index contributed by atoms with van der Waals surface area (Å²) in [6.07, 6.45) is 3.71. The maximum Gasteiger partial charge on any atom is 0.236 e. The van der Waals surface area contributed by atoms with Gasteiger partial charge in [-0.3, -0.25) is 4.79 Å². The Bertz CT molecular complexity index is 1220. The molecule has 1 aliphatic heterocycles. The topological polar surface area (TPSA) is 56.7 Å². The van der Waals surface area contributed by atoms with E-state index in [1.807, 2.05) is 44.2 Å². The molecule has 0 radical (unpaired) electrons. The van der Waals surface area contributed by atoms with Gasteiger partial charge in [-0.15, -0.1) is 0 Å². The van der Waals surface area contributed by atoms with Crippen LogP contribution in [0.25, 0.3) is 11.1 Å². The van der Waals surface area contributed by atoms with Crippen LogP contribution in [0.3, 0.4) is 0 Å². The third-order valence-electron chi connectivity index (χ3n) is 7.06. The molecule has 2 heterocycles. The Morgan fingerprint density at radius 3 is 2.49 bits per heavy atom. The standard InChI is InChI=1S/C29H34ClN3O2/c1-19-13-20(2)15-21(14-19)29(3,4)28(35)32(5)26-17-31-27(33-12-8-9-22(33)18-34)16-24(26)23-10-6-7-11-25(23)30/h6-7,10-11,13-17,22,34H,8-9,12,18H2,1-5H3. The zero-order valence-corrected chi connectivity index (χ0v) is 21.9. The maximum atomic E-state index is 13.9. The highest BCUT2D eigenvalue weighted by molar-refractivity contribution is 6.33. The van der Waals surface area contributed by atoms with Gasteiger partial charge in [0.15, 0.2) is 0 Å². The number of aryl methyl sites for hydroxylation is 2. The molecule has 0 spiro atoms. The van der Waals surface area contributed by atoms with Crippen LogP contribution >= 0.6 is 11.6 Å². The average Bonchev–Trinajstić information content (AvgIpc) is 3.31. The predicted octanol–water partition coefficient (Wildman–Crippen LogP) is 5.92. The van der Waals surface area contributed by atoms with Crippen molar-refractivity contribution in [2.45, 2.75) is 52.0 Å². The van der Waals surface area contributed by atoms with Crippen molar-refractivity contribution in [2.24, 2.45) is 0 Å². The monoisotopic (exact) mass is 491 g/mol. The molecule has 1 atom stereocenters. The fourth-order valence-electron chi connectivity index (χ4n) is 5.07. The summed E-state index contributed by atoms with van der Waals surface area (Å²) in [5.74, 6) is 0.759. The van der Waals surface area contributed by atoms with Gasteiger partial charge in [0, 0.05) is 29.7 Å². The number of amides is 1. The molecule has 3 aromatic rings. The second-order valence-corrected chi connectivity index (χ2v) is 10.5. The van der Waals surface area contributed by atoms with Crippen molar-refractivity contribution in [3.63, 3.8) is 0 Å². The first-order chi connectivity index (χ1) is 16.6. The first-order valence-corrected chi connectivity index (χ1v) is 12.5. The third-order valence-corrected chi connectivity index (χ3v) is 7.39. The van der Waals surface area contributed by atoms with Crippen molar-refractivity contribution in [3.05, 3.63) is 76.4 Å². The molecule has 0 bridgehead atoms. The van der Waals surface area contributed by atoms with Crippen LogP contribution in [0.15, 0.2) is 54.7 Å². The largest absolute Gasteiger partial charge is 0.394 e. The van der Waals surface area contributed by atoms with Crippen LogP contribution < -0.4 is 9.80 Å². The fraction of sp³-hybridized carbons (Fsp3) is 0.379. The number of halogens is 1. The number of hydrogen-bond acceptors (Lipinski definition) is 4. The first-order valence-electron chi connectivity index (χ1n) is 12.1. The lowest BCUT2D eigenvalue weighted by Crippen LogP contribution is -2.42. The van der Waals surface area contributed by atoms with Crippen LogP contribution in [-0.4, -0.2) is 42.2 Å². The summed E-state index contributed by atoms with van der Waals surface area (Å²) in [7, 11) is 1.80. The van der Waals surface area contributed by atoms with Gasteiger partial charge < -0.3 is 14.9 Å². The highest BCUT2D eigenvalue weighted by atomic mass is 35.5. The number of anilines is 2. The summed E-state index contributed by atoms with van der Waals surface area (Å²) in [6, 6.07) is 16.0. The van der Waals surface area contributed by atoms with E-state index >= 15 is 0 Å². The lowest BCUT2D eigenvalue weighted by molar-refractivity contribution is -0.122. The number of pyridine rings is 1. The van der Waals surface area contributed by atoms with E-state index in [0.717, 1.165) is 53.0 Å². The van der Waals surface area contributed by atoms with E-state index in [1.165, 1.54) is 0 Å². The second kappa shape index (κ2) is 10.00. The molecular formula is C29H34ClN3O2. The summed E-state index contributed by atoms with van der Waals surface area (Å²) < 4.78 is 0. The first kappa shape index (κ1) is 25.2. The Hall–Kier alpha value is -2.89. The number of hydrogen-bond donors (Lipinski definition) is 1. The van der Waals surface area contributed by atoms with E-state index < -0.39 is 5.41 Å². The van der Waals surface area contributed by atoms with E-state index in [9.17, 15) is 9.90 Å². The van der Waals surface area contributed by atoms with Crippen molar-refractivity contribution in [1.29, 1.82) is 0 Å². The number of aliphatic hydroxyl groups is 1. The molecule has 1 amide bonds. The summed E-state index contributed by atoms with van der Waals surface area (Å²) >= 11 is 6.63. The summed E-state index contributed by atoms with van der Waals surface area (Å²) in [5, 5.41) is 10.4. The zero-order valence-electron chi connectivity index (χ0n) is 21.2. The van der Waals surface area contributed by atoms with Gasteiger partial charge in [-0.2, -0.15) is 0 Å². The van der Waals surface area contributed by atoms with Crippen molar-refractivity contribution in [3.8, 4) is 11.1 Å². The van der Waals surface area contributed by atoms with Gasteiger partial charge in [0.2, 0.25) is 5.91 Å². The smallest absolute Gasteiger partial charge is 0.236 e. The molecule has 2 aromatic carbocycles. The molecule has 35 heavy (non-hydrogen) atoms. The number of carbonyl (C=O) groups excluding carboxylic acids is 1. The molecule has 1 unspecified atom stereocenters. The van der Waals surface area contributed by atoms with E-state index in [2.05, 4.69) is 36.9 Å². The van der Waals surface area contributed by atoms with Gasteiger partial charge in [0.25, 0.3) is 0 Å². The van der Waals surface area contributed by atoms with Gasteiger partial charge in [-0.25, -0.2) is 4.98 Å². The number of benzene rings is 2. The van der Waals surface area contributed by atoms with Gasteiger partial charge in [-0.1, -0.05) is 59.1 Å². The average molecular weight is 492 g/mol.